The molecule has 1 N–H and O–H groups in total. The number of hydrogen-bond donors (Lipinski definition) is 1. The molecule has 0 radical (unpaired) electrons. The molecule has 0 aliphatic carbocycles. The van der Waals surface area contributed by atoms with Gasteiger partial charge in [-0.15, -0.1) is 5.10 Å². The molecule has 2 aromatic heterocycles. The van der Waals surface area contributed by atoms with Crippen molar-refractivity contribution in [3.05, 3.63) is 100 Å². The molecule has 2 heterocycles. The van der Waals surface area contributed by atoms with Gasteiger partial charge < -0.3 is 9.84 Å². The van der Waals surface area contributed by atoms with Gasteiger partial charge in [0.05, 0.1) is 6.54 Å². The SMILES string of the molecule is OC(Cn1cnnn1)(c1ccc(F)cc1F)C(F)(F)c1ccc(C#CCOc2ccc(Cl)cc2F)cn1. The third-order valence-corrected chi connectivity index (χ3v) is 5.43. The molecule has 4 rings (SSSR count). The minimum absolute atomic E-state index is 0.0679. The van der Waals surface area contributed by atoms with Crippen molar-refractivity contribution in [3.8, 4) is 17.6 Å². The molecule has 1 atom stereocenters. The molecule has 1 unspecified atom stereocenters. The van der Waals surface area contributed by atoms with Gasteiger partial charge in [-0.2, -0.15) is 8.78 Å². The molecule has 0 saturated heterocycles. The highest BCUT2D eigenvalue weighted by Gasteiger charge is 2.57. The highest BCUT2D eigenvalue weighted by molar-refractivity contribution is 6.30. The van der Waals surface area contributed by atoms with Crippen LogP contribution in [0, 0.1) is 29.3 Å². The van der Waals surface area contributed by atoms with Crippen molar-refractivity contribution in [1.82, 2.24) is 25.2 Å². The largest absolute Gasteiger partial charge is 0.478 e. The van der Waals surface area contributed by atoms with Gasteiger partial charge >= 0.3 is 5.92 Å². The van der Waals surface area contributed by atoms with Crippen LogP contribution in [0.25, 0.3) is 0 Å². The van der Waals surface area contributed by atoms with E-state index < -0.39 is 46.8 Å². The van der Waals surface area contributed by atoms with Crippen molar-refractivity contribution < 1.29 is 31.8 Å². The monoisotopic (exact) mass is 535 g/mol. The summed E-state index contributed by atoms with van der Waals surface area (Å²) in [5.41, 5.74) is -4.85. The van der Waals surface area contributed by atoms with Crippen molar-refractivity contribution in [1.29, 1.82) is 0 Å². The van der Waals surface area contributed by atoms with Crippen LogP contribution in [0.4, 0.5) is 22.0 Å². The Kier molecular flexibility index (Phi) is 7.37. The van der Waals surface area contributed by atoms with Crippen LogP contribution in [-0.2, 0) is 18.1 Å². The predicted octanol–water partition coefficient (Wildman–Crippen LogP) is 4.25. The van der Waals surface area contributed by atoms with Crippen LogP contribution in [0.3, 0.4) is 0 Å². The van der Waals surface area contributed by atoms with Crippen LogP contribution < -0.4 is 4.74 Å². The molecule has 37 heavy (non-hydrogen) atoms. The number of tetrazole rings is 1. The van der Waals surface area contributed by atoms with E-state index in [0.717, 1.165) is 35.4 Å². The molecule has 0 saturated carbocycles. The Balaban J connectivity index is 1.58. The lowest BCUT2D eigenvalue weighted by Crippen LogP contribution is -2.48. The number of benzene rings is 2. The molecule has 13 heteroatoms. The first-order valence-electron chi connectivity index (χ1n) is 10.4. The van der Waals surface area contributed by atoms with Gasteiger partial charge in [-0.05, 0) is 52.9 Å². The Morgan fingerprint density at radius 1 is 1.03 bits per heavy atom. The van der Waals surface area contributed by atoms with E-state index in [1.165, 1.54) is 18.2 Å². The summed E-state index contributed by atoms with van der Waals surface area (Å²) < 4.78 is 79.1. The molecule has 0 aliphatic rings. The van der Waals surface area contributed by atoms with E-state index >= 15 is 8.78 Å². The summed E-state index contributed by atoms with van der Waals surface area (Å²) in [6.45, 7) is -1.19. The highest BCUT2D eigenvalue weighted by atomic mass is 35.5. The van der Waals surface area contributed by atoms with Gasteiger partial charge in [-0.25, -0.2) is 17.9 Å². The minimum Gasteiger partial charge on any atom is -0.478 e. The number of rotatable bonds is 7. The average molecular weight is 536 g/mol. The second kappa shape index (κ2) is 10.5. The first-order valence-corrected chi connectivity index (χ1v) is 10.8. The third kappa shape index (κ3) is 5.52. The molecular formula is C24H15ClF5N5O2. The molecule has 0 aliphatic heterocycles. The normalized spacial score (nSPS) is 12.9. The van der Waals surface area contributed by atoms with Crippen LogP contribution in [0.15, 0.2) is 61.1 Å². The molecule has 0 bridgehead atoms. The van der Waals surface area contributed by atoms with Crippen molar-refractivity contribution in [3.63, 3.8) is 0 Å². The molecule has 4 aromatic rings. The number of nitrogens with zero attached hydrogens (tertiary/aromatic N) is 5. The third-order valence-electron chi connectivity index (χ3n) is 5.19. The number of pyridine rings is 1. The van der Waals surface area contributed by atoms with Gasteiger partial charge in [0.1, 0.15) is 30.3 Å². The van der Waals surface area contributed by atoms with Gasteiger partial charge in [0.25, 0.3) is 0 Å². The van der Waals surface area contributed by atoms with Crippen LogP contribution in [0.5, 0.6) is 5.75 Å². The zero-order valence-corrected chi connectivity index (χ0v) is 19.3. The summed E-state index contributed by atoms with van der Waals surface area (Å²) in [5, 5.41) is 21.4. The Hall–Kier alpha value is -4.08. The maximum absolute atomic E-state index is 15.7. The van der Waals surface area contributed by atoms with Crippen molar-refractivity contribution >= 4 is 11.6 Å². The average Bonchev–Trinajstić information content (AvgIpc) is 3.36. The summed E-state index contributed by atoms with van der Waals surface area (Å²) >= 11 is 5.67. The summed E-state index contributed by atoms with van der Waals surface area (Å²) in [7, 11) is 0. The van der Waals surface area contributed by atoms with E-state index in [9.17, 15) is 18.3 Å². The second-order valence-corrected chi connectivity index (χ2v) is 8.10. The van der Waals surface area contributed by atoms with E-state index in [0.29, 0.717) is 12.1 Å². The summed E-state index contributed by atoms with van der Waals surface area (Å²) in [5.74, 6) is -2.13. The fourth-order valence-corrected chi connectivity index (χ4v) is 3.53. The molecule has 0 spiro atoms. The Labute approximate surface area is 211 Å². The summed E-state index contributed by atoms with van der Waals surface area (Å²) in [6.07, 6.45) is 1.96. The van der Waals surface area contributed by atoms with Crippen molar-refractivity contribution in [2.24, 2.45) is 0 Å². The zero-order chi connectivity index (χ0) is 26.6. The minimum atomic E-state index is -4.20. The van der Waals surface area contributed by atoms with E-state index in [1.54, 1.807) is 0 Å². The van der Waals surface area contributed by atoms with Crippen molar-refractivity contribution in [2.45, 2.75) is 18.1 Å². The lowest BCUT2D eigenvalue weighted by Gasteiger charge is -2.35. The number of aromatic nitrogens is 5. The highest BCUT2D eigenvalue weighted by Crippen LogP contribution is 2.46. The number of halogens is 6. The molecule has 2 aromatic carbocycles. The fraction of sp³-hybridized carbons (Fsp3) is 0.167. The quantitative estimate of drug-likeness (QED) is 0.281. The van der Waals surface area contributed by atoms with Gasteiger partial charge in [-0.1, -0.05) is 23.4 Å². The van der Waals surface area contributed by atoms with Gasteiger partial charge in [-0.3, -0.25) is 4.98 Å². The Morgan fingerprint density at radius 3 is 2.49 bits per heavy atom. The summed E-state index contributed by atoms with van der Waals surface area (Å²) in [4.78, 5) is 3.69. The summed E-state index contributed by atoms with van der Waals surface area (Å²) in [6, 6.07) is 7.77. The fourth-order valence-electron chi connectivity index (χ4n) is 3.38. The van der Waals surface area contributed by atoms with Crippen LogP contribution in [-0.4, -0.2) is 36.9 Å². The van der Waals surface area contributed by atoms with E-state index in [4.69, 9.17) is 16.3 Å². The Bertz CT molecular complexity index is 1460. The van der Waals surface area contributed by atoms with Gasteiger partial charge in [0.15, 0.2) is 17.2 Å². The number of alkyl halides is 2. The number of aliphatic hydroxyl groups is 1. The molecule has 190 valence electrons. The first-order chi connectivity index (χ1) is 17.6. The predicted molar refractivity (Wildman–Crippen MR) is 120 cm³/mol. The smallest absolute Gasteiger partial charge is 0.323 e. The molecule has 0 amide bonds. The Morgan fingerprint density at radius 2 is 1.84 bits per heavy atom. The lowest BCUT2D eigenvalue weighted by molar-refractivity contribution is -0.207. The van der Waals surface area contributed by atoms with Gasteiger partial charge in [0.2, 0.25) is 0 Å². The number of ether oxygens (including phenoxy) is 1. The first kappa shape index (κ1) is 26.0. The molecule has 0 fully saturated rings. The number of hydrogen-bond acceptors (Lipinski definition) is 6. The van der Waals surface area contributed by atoms with Crippen LogP contribution in [0.1, 0.15) is 16.8 Å². The standard InChI is InChI=1S/C24H15ClF5N5O2/c25-16-4-7-21(20(28)10-16)37-9-1-2-15-3-8-22(31-12-15)24(29,30)23(36,13-35-14-32-33-34-35)18-6-5-17(26)11-19(18)27/h3-8,10-12,14,36H,9,13H2. The maximum atomic E-state index is 15.7. The van der Waals surface area contributed by atoms with E-state index in [-0.39, 0.29) is 22.9 Å². The van der Waals surface area contributed by atoms with E-state index in [1.807, 2.05) is 0 Å². The molecule has 7 nitrogen and oxygen atoms in total. The van der Waals surface area contributed by atoms with E-state index in [2.05, 4.69) is 32.4 Å². The topological polar surface area (TPSA) is 86.0 Å². The maximum Gasteiger partial charge on any atom is 0.323 e. The molecular weight excluding hydrogens is 521 g/mol. The second-order valence-electron chi connectivity index (χ2n) is 7.66. The van der Waals surface area contributed by atoms with Gasteiger partial charge in [0, 0.05) is 28.4 Å². The van der Waals surface area contributed by atoms with Crippen LogP contribution in [0.2, 0.25) is 5.02 Å². The van der Waals surface area contributed by atoms with Crippen molar-refractivity contribution in [2.75, 3.05) is 6.61 Å². The van der Waals surface area contributed by atoms with Crippen LogP contribution >= 0.6 is 11.6 Å². The lowest BCUT2D eigenvalue weighted by atomic mass is 9.84. The zero-order valence-electron chi connectivity index (χ0n) is 18.5.